The molecule has 20 heavy (non-hydrogen) atoms. The van der Waals surface area contributed by atoms with Crippen molar-refractivity contribution in [3.63, 3.8) is 0 Å². The molecule has 1 aromatic carbocycles. The lowest BCUT2D eigenvalue weighted by Gasteiger charge is -2.16. The quantitative estimate of drug-likeness (QED) is 0.314. The zero-order chi connectivity index (χ0) is 14.8. The Hall–Kier alpha value is -1.48. The topological polar surface area (TPSA) is 52.6 Å². The molecule has 0 aliphatic carbocycles. The number of carbonyl (C=O) groups excluding carboxylic acids is 1. The van der Waals surface area contributed by atoms with E-state index in [9.17, 15) is 9.36 Å². The summed E-state index contributed by atoms with van der Waals surface area (Å²) in [5.41, 5.74) is 0.983. The summed E-state index contributed by atoms with van der Waals surface area (Å²) in [7, 11) is -3.51. The Morgan fingerprint density at radius 3 is 2.25 bits per heavy atom. The maximum absolute atomic E-state index is 12.4. The number of rotatable bonds is 8. The first kappa shape index (κ1) is 16.6. The molecule has 1 aromatic rings. The fourth-order valence-corrected chi connectivity index (χ4v) is 2.99. The van der Waals surface area contributed by atoms with Crippen LogP contribution < -0.4 is 0 Å². The number of hydrogen-bond acceptors (Lipinski definition) is 4. The molecule has 1 rings (SSSR count). The lowest BCUT2D eigenvalue weighted by molar-refractivity contribution is -0.104. The molecule has 0 unspecified atom stereocenters. The summed E-state index contributed by atoms with van der Waals surface area (Å²) >= 11 is 0. The number of hydrogen-bond donors (Lipinski definition) is 0. The lowest BCUT2D eigenvalue weighted by atomic mass is 10.2. The van der Waals surface area contributed by atoms with Crippen molar-refractivity contribution < 1.29 is 18.4 Å². The first-order valence-corrected chi connectivity index (χ1v) is 7.98. The summed E-state index contributed by atoms with van der Waals surface area (Å²) in [6, 6.07) is 9.60. The molecule has 0 radical (unpaired) electrons. The minimum Gasteiger partial charge on any atom is -0.305 e. The Morgan fingerprint density at radius 1 is 1.15 bits per heavy atom. The predicted molar refractivity (Wildman–Crippen MR) is 80.5 cm³/mol. The first-order chi connectivity index (χ1) is 9.66. The maximum Gasteiger partial charge on any atom is 0.364 e. The normalized spacial score (nSPS) is 12.8. The van der Waals surface area contributed by atoms with E-state index < -0.39 is 7.60 Å². The van der Waals surface area contributed by atoms with Gasteiger partial charge in [-0.25, -0.2) is 0 Å². The van der Waals surface area contributed by atoms with Crippen LogP contribution in [0.5, 0.6) is 0 Å². The third kappa shape index (κ3) is 4.89. The largest absolute Gasteiger partial charge is 0.364 e. The standard InChI is InChI=1S/C15H19O4P/c1-3-18-20(17,19-4-2)15(13-16)12-8-11-14-9-6-5-7-10-14/h5-13H,3-4H2,1-2H3/b11-8+,15-12+. The van der Waals surface area contributed by atoms with Gasteiger partial charge in [-0.3, -0.25) is 9.36 Å². The molecule has 0 saturated carbocycles. The summed E-state index contributed by atoms with van der Waals surface area (Å²) in [6.07, 6.45) is 5.45. The van der Waals surface area contributed by atoms with Crippen molar-refractivity contribution in [1.82, 2.24) is 0 Å². The molecule has 4 nitrogen and oxygen atoms in total. The van der Waals surface area contributed by atoms with Crippen molar-refractivity contribution in [3.05, 3.63) is 53.4 Å². The highest BCUT2D eigenvalue weighted by atomic mass is 31.2. The number of benzene rings is 1. The Morgan fingerprint density at radius 2 is 1.75 bits per heavy atom. The SMILES string of the molecule is CCOP(=O)(OCC)/C(C=O)=C/C=C/c1ccccc1. The van der Waals surface area contributed by atoms with Crippen LogP contribution in [-0.4, -0.2) is 19.5 Å². The average Bonchev–Trinajstić information content (AvgIpc) is 2.45. The summed E-state index contributed by atoms with van der Waals surface area (Å²) in [4.78, 5) is 11.1. The van der Waals surface area contributed by atoms with E-state index in [1.807, 2.05) is 36.4 Å². The summed E-state index contributed by atoms with van der Waals surface area (Å²) in [5.74, 6) is 0. The van der Waals surface area contributed by atoms with Crippen molar-refractivity contribution in [2.24, 2.45) is 0 Å². The molecule has 0 heterocycles. The van der Waals surface area contributed by atoms with Gasteiger partial charge in [0.25, 0.3) is 0 Å². The fourth-order valence-electron chi connectivity index (χ4n) is 1.54. The molecule has 0 fully saturated rings. The molecule has 0 atom stereocenters. The zero-order valence-corrected chi connectivity index (χ0v) is 12.6. The van der Waals surface area contributed by atoms with Gasteiger partial charge in [-0.2, -0.15) is 0 Å². The van der Waals surface area contributed by atoms with Crippen molar-refractivity contribution in [2.45, 2.75) is 13.8 Å². The lowest BCUT2D eigenvalue weighted by Crippen LogP contribution is -1.99. The van der Waals surface area contributed by atoms with Crippen LogP contribution in [0.15, 0.2) is 47.8 Å². The molecular formula is C15H19O4P. The van der Waals surface area contributed by atoms with Gasteiger partial charge in [-0.15, -0.1) is 0 Å². The molecule has 0 bridgehead atoms. The Kier molecular flexibility index (Phi) is 7.16. The molecule has 0 aliphatic rings. The van der Waals surface area contributed by atoms with Crippen LogP contribution in [0.3, 0.4) is 0 Å². The highest BCUT2D eigenvalue weighted by molar-refractivity contribution is 7.59. The number of allylic oxidation sites excluding steroid dienone is 3. The van der Waals surface area contributed by atoms with Crippen LogP contribution in [0.2, 0.25) is 0 Å². The number of carbonyl (C=O) groups is 1. The van der Waals surface area contributed by atoms with E-state index >= 15 is 0 Å². The van der Waals surface area contributed by atoms with Crippen molar-refractivity contribution in [1.29, 1.82) is 0 Å². The Labute approximate surface area is 119 Å². The second-order valence-corrected chi connectivity index (χ2v) is 5.84. The van der Waals surface area contributed by atoms with Crippen LogP contribution in [0.1, 0.15) is 19.4 Å². The van der Waals surface area contributed by atoms with E-state index in [0.29, 0.717) is 6.29 Å². The molecule has 0 aromatic heterocycles. The molecule has 5 heteroatoms. The van der Waals surface area contributed by atoms with Crippen LogP contribution in [0.4, 0.5) is 0 Å². The van der Waals surface area contributed by atoms with Gasteiger partial charge in [0, 0.05) is 0 Å². The number of aldehydes is 1. The minimum atomic E-state index is -3.51. The molecule has 0 amide bonds. The van der Waals surface area contributed by atoms with Crippen LogP contribution in [-0.2, 0) is 18.4 Å². The van der Waals surface area contributed by atoms with E-state index in [1.165, 1.54) is 6.08 Å². The van der Waals surface area contributed by atoms with Gasteiger partial charge < -0.3 is 9.05 Å². The fraction of sp³-hybridized carbons (Fsp3) is 0.267. The molecule has 0 aliphatic heterocycles. The Balaban J connectivity index is 2.93. The van der Waals surface area contributed by atoms with Crippen LogP contribution in [0, 0.1) is 0 Å². The monoisotopic (exact) mass is 294 g/mol. The smallest absolute Gasteiger partial charge is 0.305 e. The summed E-state index contributed by atoms with van der Waals surface area (Å²) in [5, 5.41) is 0.0216. The maximum atomic E-state index is 12.4. The van der Waals surface area contributed by atoms with Crippen molar-refractivity contribution >= 4 is 20.0 Å². The Bertz CT molecular complexity index is 510. The molecule has 108 valence electrons. The zero-order valence-electron chi connectivity index (χ0n) is 11.7. The third-order valence-corrected chi connectivity index (χ3v) is 4.47. The van der Waals surface area contributed by atoms with Crippen molar-refractivity contribution in [2.75, 3.05) is 13.2 Å². The van der Waals surface area contributed by atoms with E-state index in [2.05, 4.69) is 0 Å². The highest BCUT2D eigenvalue weighted by Crippen LogP contribution is 2.55. The third-order valence-electron chi connectivity index (χ3n) is 2.39. The second-order valence-electron chi connectivity index (χ2n) is 3.81. The van der Waals surface area contributed by atoms with Gasteiger partial charge in [-0.05, 0) is 25.5 Å². The van der Waals surface area contributed by atoms with Crippen LogP contribution in [0.25, 0.3) is 6.08 Å². The van der Waals surface area contributed by atoms with E-state index in [1.54, 1.807) is 19.9 Å². The minimum absolute atomic E-state index is 0.0216. The predicted octanol–water partition coefficient (Wildman–Crippen LogP) is 4.05. The van der Waals surface area contributed by atoms with Gasteiger partial charge in [0.05, 0.1) is 13.2 Å². The van der Waals surface area contributed by atoms with Gasteiger partial charge >= 0.3 is 7.60 Å². The van der Waals surface area contributed by atoms with Gasteiger partial charge in [-0.1, -0.05) is 42.5 Å². The molecular weight excluding hydrogens is 275 g/mol. The van der Waals surface area contributed by atoms with E-state index in [4.69, 9.17) is 9.05 Å². The average molecular weight is 294 g/mol. The summed E-state index contributed by atoms with van der Waals surface area (Å²) in [6.45, 7) is 3.83. The highest BCUT2D eigenvalue weighted by Gasteiger charge is 2.28. The molecule has 0 N–H and O–H groups in total. The second kappa shape index (κ2) is 8.64. The van der Waals surface area contributed by atoms with E-state index in [0.717, 1.165) is 5.56 Å². The van der Waals surface area contributed by atoms with E-state index in [-0.39, 0.29) is 18.5 Å². The van der Waals surface area contributed by atoms with Crippen molar-refractivity contribution in [3.8, 4) is 0 Å². The molecule has 0 saturated heterocycles. The van der Waals surface area contributed by atoms with Gasteiger partial charge in [0.1, 0.15) is 5.31 Å². The molecule has 0 spiro atoms. The summed E-state index contributed by atoms with van der Waals surface area (Å²) < 4.78 is 22.7. The van der Waals surface area contributed by atoms with Gasteiger partial charge in [0.15, 0.2) is 6.29 Å². The first-order valence-electron chi connectivity index (χ1n) is 6.44. The van der Waals surface area contributed by atoms with Gasteiger partial charge in [0.2, 0.25) is 0 Å². The van der Waals surface area contributed by atoms with Crippen LogP contribution >= 0.6 is 7.60 Å².